The average molecular weight is 177 g/mol. The van der Waals surface area contributed by atoms with Gasteiger partial charge in [0.15, 0.2) is 0 Å². The molecule has 0 saturated heterocycles. The Bertz CT molecular complexity index is 360. The van der Waals surface area contributed by atoms with Gasteiger partial charge in [0.25, 0.3) is 0 Å². The number of hydrogen-bond acceptors (Lipinski definition) is 2. The van der Waals surface area contributed by atoms with Crippen molar-refractivity contribution >= 4 is 5.97 Å². The topological polar surface area (TPSA) is 49.3 Å². The van der Waals surface area contributed by atoms with Gasteiger partial charge in [-0.25, -0.2) is 4.79 Å². The summed E-state index contributed by atoms with van der Waals surface area (Å²) in [5.41, 5.74) is 2.47. The fourth-order valence-corrected chi connectivity index (χ4v) is 1.83. The van der Waals surface area contributed by atoms with Crippen molar-refractivity contribution in [1.82, 2.24) is 5.32 Å². The lowest BCUT2D eigenvalue weighted by atomic mass is 9.99. The predicted octanol–water partition coefficient (Wildman–Crippen LogP) is 1.55. The van der Waals surface area contributed by atoms with Crippen molar-refractivity contribution in [2.24, 2.45) is 0 Å². The van der Waals surface area contributed by atoms with E-state index in [2.05, 4.69) is 5.32 Å². The van der Waals surface area contributed by atoms with E-state index < -0.39 is 5.97 Å². The smallest absolute Gasteiger partial charge is 0.336 e. The van der Waals surface area contributed by atoms with E-state index in [1.54, 1.807) is 12.1 Å². The second-order valence-corrected chi connectivity index (χ2v) is 3.29. The fourth-order valence-electron chi connectivity index (χ4n) is 1.83. The molecule has 1 aromatic carbocycles. The zero-order valence-electron chi connectivity index (χ0n) is 7.37. The van der Waals surface area contributed by atoms with E-state index in [1.807, 2.05) is 13.0 Å². The Morgan fingerprint density at radius 2 is 2.38 bits per heavy atom. The zero-order chi connectivity index (χ0) is 9.42. The third-order valence-electron chi connectivity index (χ3n) is 2.46. The third-order valence-corrected chi connectivity index (χ3v) is 2.46. The number of carboxylic acids is 1. The predicted molar refractivity (Wildman–Crippen MR) is 48.7 cm³/mol. The van der Waals surface area contributed by atoms with E-state index in [-0.39, 0.29) is 6.04 Å². The van der Waals surface area contributed by atoms with Crippen molar-refractivity contribution in [2.75, 3.05) is 0 Å². The molecule has 0 radical (unpaired) electrons. The molecule has 0 aromatic heterocycles. The number of fused-ring (bicyclic) bond motifs is 1. The number of benzene rings is 1. The molecule has 1 aromatic rings. The number of nitrogens with one attached hydrogen (secondary N) is 1. The first-order valence-electron chi connectivity index (χ1n) is 4.28. The van der Waals surface area contributed by atoms with Crippen molar-refractivity contribution in [3.05, 3.63) is 34.9 Å². The highest BCUT2D eigenvalue weighted by molar-refractivity contribution is 5.90. The van der Waals surface area contributed by atoms with Crippen LogP contribution in [0, 0.1) is 0 Å². The molecule has 0 unspecified atom stereocenters. The maximum absolute atomic E-state index is 10.9. The number of carboxylic acid groups (broad SMARTS) is 1. The minimum atomic E-state index is -0.840. The maximum Gasteiger partial charge on any atom is 0.336 e. The van der Waals surface area contributed by atoms with Crippen LogP contribution in [0.1, 0.15) is 34.5 Å². The van der Waals surface area contributed by atoms with Crippen LogP contribution >= 0.6 is 0 Å². The quantitative estimate of drug-likeness (QED) is 0.684. The van der Waals surface area contributed by atoms with Crippen LogP contribution in [0.4, 0.5) is 0 Å². The first-order chi connectivity index (χ1) is 6.20. The van der Waals surface area contributed by atoms with Crippen molar-refractivity contribution in [1.29, 1.82) is 0 Å². The lowest BCUT2D eigenvalue weighted by Gasteiger charge is -2.07. The molecule has 0 amide bonds. The van der Waals surface area contributed by atoms with E-state index in [0.29, 0.717) is 5.56 Å². The molecular weight excluding hydrogens is 166 g/mol. The largest absolute Gasteiger partial charge is 0.478 e. The summed E-state index contributed by atoms with van der Waals surface area (Å²) in [5, 5.41) is 12.2. The summed E-state index contributed by atoms with van der Waals surface area (Å²) in [4.78, 5) is 10.9. The van der Waals surface area contributed by atoms with Gasteiger partial charge in [0.05, 0.1) is 5.56 Å². The maximum atomic E-state index is 10.9. The van der Waals surface area contributed by atoms with E-state index >= 15 is 0 Å². The highest BCUT2D eigenvalue weighted by atomic mass is 16.4. The molecule has 3 heteroatoms. The van der Waals surface area contributed by atoms with E-state index in [9.17, 15) is 4.79 Å². The average Bonchev–Trinajstić information content (AvgIpc) is 2.48. The molecule has 0 aliphatic carbocycles. The van der Waals surface area contributed by atoms with Crippen LogP contribution in [0.2, 0.25) is 0 Å². The normalized spacial score (nSPS) is 19.9. The molecule has 3 nitrogen and oxygen atoms in total. The van der Waals surface area contributed by atoms with Gasteiger partial charge in [-0.15, -0.1) is 0 Å². The second-order valence-electron chi connectivity index (χ2n) is 3.29. The van der Waals surface area contributed by atoms with Crippen LogP contribution < -0.4 is 5.32 Å². The van der Waals surface area contributed by atoms with Gasteiger partial charge in [0.1, 0.15) is 0 Å². The molecule has 1 heterocycles. The summed E-state index contributed by atoms with van der Waals surface area (Å²) in [6.07, 6.45) is 0. The van der Waals surface area contributed by atoms with E-state index in [1.165, 1.54) is 0 Å². The van der Waals surface area contributed by atoms with E-state index in [4.69, 9.17) is 5.11 Å². The van der Waals surface area contributed by atoms with Crippen LogP contribution in [0.5, 0.6) is 0 Å². The summed E-state index contributed by atoms with van der Waals surface area (Å²) in [5.74, 6) is -0.840. The van der Waals surface area contributed by atoms with Crippen molar-refractivity contribution in [3.8, 4) is 0 Å². The molecule has 2 rings (SSSR count). The first kappa shape index (κ1) is 8.26. The molecule has 0 fully saturated rings. The lowest BCUT2D eigenvalue weighted by Crippen LogP contribution is -2.10. The van der Waals surface area contributed by atoms with Crippen molar-refractivity contribution in [3.63, 3.8) is 0 Å². The van der Waals surface area contributed by atoms with Gasteiger partial charge in [-0.1, -0.05) is 12.1 Å². The molecule has 13 heavy (non-hydrogen) atoms. The van der Waals surface area contributed by atoms with Crippen molar-refractivity contribution < 1.29 is 9.90 Å². The molecule has 0 bridgehead atoms. The second kappa shape index (κ2) is 2.85. The van der Waals surface area contributed by atoms with Gasteiger partial charge in [0, 0.05) is 12.6 Å². The minimum Gasteiger partial charge on any atom is -0.478 e. The zero-order valence-corrected chi connectivity index (χ0v) is 7.37. The molecule has 1 atom stereocenters. The highest BCUT2D eigenvalue weighted by Crippen LogP contribution is 2.27. The Labute approximate surface area is 76.4 Å². The van der Waals surface area contributed by atoms with Gasteiger partial charge < -0.3 is 10.4 Å². The van der Waals surface area contributed by atoms with Crippen LogP contribution in [-0.2, 0) is 6.54 Å². The summed E-state index contributed by atoms with van der Waals surface area (Å²) in [7, 11) is 0. The van der Waals surface area contributed by atoms with Gasteiger partial charge >= 0.3 is 5.97 Å². The standard InChI is InChI=1S/C10H11NO2/c1-6-9-7(5-11-6)3-2-4-8(9)10(12)13/h2-4,6,11H,5H2,1H3,(H,12,13)/t6-/m0/s1. The Balaban J connectivity index is 2.60. The molecule has 1 aliphatic rings. The number of carbonyl (C=O) groups is 1. The number of hydrogen-bond donors (Lipinski definition) is 2. The molecule has 2 N–H and O–H groups in total. The Kier molecular flexibility index (Phi) is 1.81. The summed E-state index contributed by atoms with van der Waals surface area (Å²) < 4.78 is 0. The molecule has 1 aliphatic heterocycles. The van der Waals surface area contributed by atoms with E-state index in [0.717, 1.165) is 17.7 Å². The Hall–Kier alpha value is -1.35. The summed E-state index contributed by atoms with van der Waals surface area (Å²) >= 11 is 0. The number of aromatic carboxylic acids is 1. The van der Waals surface area contributed by atoms with Crippen molar-refractivity contribution in [2.45, 2.75) is 19.5 Å². The SMILES string of the molecule is C[C@@H]1NCc2cccc(C(=O)O)c21. The van der Waals surface area contributed by atoms with Gasteiger partial charge in [-0.3, -0.25) is 0 Å². The van der Waals surface area contributed by atoms with Gasteiger partial charge in [0.2, 0.25) is 0 Å². The lowest BCUT2D eigenvalue weighted by molar-refractivity contribution is 0.0695. The Morgan fingerprint density at radius 3 is 3.08 bits per heavy atom. The van der Waals surface area contributed by atoms with Crippen LogP contribution in [0.3, 0.4) is 0 Å². The minimum absolute atomic E-state index is 0.155. The highest BCUT2D eigenvalue weighted by Gasteiger charge is 2.23. The van der Waals surface area contributed by atoms with Crippen LogP contribution in [-0.4, -0.2) is 11.1 Å². The molecule has 0 spiro atoms. The monoisotopic (exact) mass is 177 g/mol. The van der Waals surface area contributed by atoms with Crippen LogP contribution in [0.15, 0.2) is 18.2 Å². The van der Waals surface area contributed by atoms with Gasteiger partial charge in [-0.05, 0) is 24.1 Å². The van der Waals surface area contributed by atoms with Crippen LogP contribution in [0.25, 0.3) is 0 Å². The van der Waals surface area contributed by atoms with Gasteiger partial charge in [-0.2, -0.15) is 0 Å². The Morgan fingerprint density at radius 1 is 1.62 bits per heavy atom. The molecule has 68 valence electrons. The number of rotatable bonds is 1. The third kappa shape index (κ3) is 1.21. The molecule has 0 saturated carbocycles. The molecular formula is C10H11NO2. The first-order valence-corrected chi connectivity index (χ1v) is 4.28. The summed E-state index contributed by atoms with van der Waals surface area (Å²) in [6, 6.07) is 5.58. The summed E-state index contributed by atoms with van der Waals surface area (Å²) in [6.45, 7) is 2.76. The fraction of sp³-hybridized carbons (Fsp3) is 0.300.